The number of carbonyl (C=O) groups is 2. The molecule has 5 rings (SSSR count). The second-order valence-electron chi connectivity index (χ2n) is 9.02. The average Bonchev–Trinajstić information content (AvgIpc) is 3.48. The molecular formula is C27H27FN4O2. The molecule has 7 heteroatoms. The lowest BCUT2D eigenvalue weighted by Crippen LogP contribution is -2.31. The Labute approximate surface area is 198 Å². The van der Waals surface area contributed by atoms with E-state index in [-0.39, 0.29) is 23.7 Å². The van der Waals surface area contributed by atoms with Gasteiger partial charge < -0.3 is 9.80 Å². The van der Waals surface area contributed by atoms with E-state index in [2.05, 4.69) is 4.98 Å². The van der Waals surface area contributed by atoms with Crippen molar-refractivity contribution in [1.82, 2.24) is 19.8 Å². The number of benzene rings is 2. The van der Waals surface area contributed by atoms with Crippen LogP contribution >= 0.6 is 0 Å². The summed E-state index contributed by atoms with van der Waals surface area (Å²) in [5.74, 6) is -0.132. The smallest absolute Gasteiger partial charge is 0.254 e. The summed E-state index contributed by atoms with van der Waals surface area (Å²) >= 11 is 0. The Morgan fingerprint density at radius 3 is 2.71 bits per heavy atom. The number of rotatable bonds is 6. The van der Waals surface area contributed by atoms with E-state index in [1.807, 2.05) is 40.1 Å². The molecule has 174 valence electrons. The highest BCUT2D eigenvalue weighted by atomic mass is 19.1. The predicted octanol–water partition coefficient (Wildman–Crippen LogP) is 4.31. The summed E-state index contributed by atoms with van der Waals surface area (Å²) < 4.78 is 13.6. The first kappa shape index (κ1) is 22.2. The molecule has 0 radical (unpaired) electrons. The van der Waals surface area contributed by atoms with Gasteiger partial charge in [0.2, 0.25) is 5.91 Å². The van der Waals surface area contributed by atoms with E-state index in [0.717, 1.165) is 48.3 Å². The first-order chi connectivity index (χ1) is 16.6. The maximum atomic E-state index is 13.6. The lowest BCUT2D eigenvalue weighted by molar-refractivity contribution is -0.128. The number of hydrogen-bond donors (Lipinski definition) is 0. The summed E-state index contributed by atoms with van der Waals surface area (Å²) in [6, 6.07) is 13.9. The number of halogens is 1. The summed E-state index contributed by atoms with van der Waals surface area (Å²) in [4.78, 5) is 38.3. The van der Waals surface area contributed by atoms with Crippen LogP contribution in [-0.2, 0) is 17.8 Å². The highest BCUT2D eigenvalue weighted by Gasteiger charge is 2.32. The van der Waals surface area contributed by atoms with Crippen LogP contribution in [0.5, 0.6) is 0 Å². The van der Waals surface area contributed by atoms with Gasteiger partial charge >= 0.3 is 0 Å². The van der Waals surface area contributed by atoms with Crippen molar-refractivity contribution in [3.8, 4) is 0 Å². The molecule has 2 aromatic carbocycles. The van der Waals surface area contributed by atoms with E-state index < -0.39 is 0 Å². The van der Waals surface area contributed by atoms with Crippen molar-refractivity contribution in [2.45, 2.75) is 44.7 Å². The number of hydrogen-bond acceptors (Lipinski definition) is 4. The highest BCUT2D eigenvalue weighted by Crippen LogP contribution is 2.32. The number of carbonyl (C=O) groups excluding carboxylic acids is 2. The maximum absolute atomic E-state index is 13.6. The van der Waals surface area contributed by atoms with Gasteiger partial charge in [0.1, 0.15) is 5.82 Å². The number of amides is 2. The zero-order valence-electron chi connectivity index (χ0n) is 19.0. The quantitative estimate of drug-likeness (QED) is 0.552. The number of nitrogens with zero attached hydrogens (tertiary/aromatic N) is 4. The summed E-state index contributed by atoms with van der Waals surface area (Å²) in [6.07, 6.45) is 7.12. The van der Waals surface area contributed by atoms with Crippen molar-refractivity contribution in [2.75, 3.05) is 13.1 Å². The third-order valence-corrected chi connectivity index (χ3v) is 6.55. The minimum Gasteiger partial charge on any atom is -0.338 e. The van der Waals surface area contributed by atoms with Gasteiger partial charge in [-0.1, -0.05) is 24.3 Å². The second kappa shape index (κ2) is 9.71. The molecule has 2 aliphatic rings. The van der Waals surface area contributed by atoms with Gasteiger partial charge in [-0.05, 0) is 54.7 Å². The maximum Gasteiger partial charge on any atom is 0.254 e. The summed E-state index contributed by atoms with van der Waals surface area (Å²) in [5.41, 5.74) is 3.94. The van der Waals surface area contributed by atoms with Crippen molar-refractivity contribution in [1.29, 1.82) is 0 Å². The summed E-state index contributed by atoms with van der Waals surface area (Å²) in [7, 11) is 0. The molecule has 6 nitrogen and oxygen atoms in total. The zero-order valence-corrected chi connectivity index (χ0v) is 19.0. The molecule has 1 atom stereocenters. The first-order valence-corrected chi connectivity index (χ1v) is 11.8. The van der Waals surface area contributed by atoms with Crippen LogP contribution < -0.4 is 0 Å². The Morgan fingerprint density at radius 2 is 1.88 bits per heavy atom. The highest BCUT2D eigenvalue weighted by molar-refractivity contribution is 5.94. The standard InChI is InChI=1S/C27H27FN4O2/c28-22-8-2-5-19(14-22)15-23-16-29-17-24(30-23)25-9-3-12-32(25)27(34)21-7-1-6-20(13-21)18-31-11-4-10-26(31)33/h1-2,5-8,13-14,16-17,25H,3-4,9-12,15,18H2. The molecule has 2 amide bonds. The molecule has 0 aliphatic carbocycles. The average molecular weight is 459 g/mol. The van der Waals surface area contributed by atoms with Crippen LogP contribution in [-0.4, -0.2) is 44.7 Å². The Balaban J connectivity index is 1.32. The Hall–Kier alpha value is -3.61. The van der Waals surface area contributed by atoms with E-state index in [4.69, 9.17) is 4.98 Å². The fourth-order valence-corrected chi connectivity index (χ4v) is 4.90. The van der Waals surface area contributed by atoms with E-state index in [9.17, 15) is 14.0 Å². The van der Waals surface area contributed by atoms with Crippen molar-refractivity contribution >= 4 is 11.8 Å². The normalized spacial score (nSPS) is 18.0. The van der Waals surface area contributed by atoms with E-state index in [0.29, 0.717) is 31.5 Å². The summed E-state index contributed by atoms with van der Waals surface area (Å²) in [5, 5.41) is 0. The van der Waals surface area contributed by atoms with E-state index >= 15 is 0 Å². The Morgan fingerprint density at radius 1 is 1.03 bits per heavy atom. The van der Waals surface area contributed by atoms with Gasteiger partial charge in [0.15, 0.2) is 0 Å². The molecule has 3 aromatic rings. The zero-order chi connectivity index (χ0) is 23.5. The minimum atomic E-state index is -0.273. The van der Waals surface area contributed by atoms with Crippen LogP contribution in [0.1, 0.15) is 64.6 Å². The molecule has 0 N–H and O–H groups in total. The van der Waals surface area contributed by atoms with Crippen LogP contribution in [0.15, 0.2) is 60.9 Å². The van der Waals surface area contributed by atoms with Gasteiger partial charge in [0, 0.05) is 44.2 Å². The lowest BCUT2D eigenvalue weighted by atomic mass is 10.1. The van der Waals surface area contributed by atoms with Crippen LogP contribution in [0.4, 0.5) is 4.39 Å². The number of aromatic nitrogens is 2. The van der Waals surface area contributed by atoms with Gasteiger partial charge in [-0.15, -0.1) is 0 Å². The molecule has 1 unspecified atom stereocenters. The molecule has 2 aliphatic heterocycles. The van der Waals surface area contributed by atoms with Gasteiger partial charge in [-0.2, -0.15) is 0 Å². The molecule has 0 saturated carbocycles. The Bertz CT molecular complexity index is 1210. The molecule has 3 heterocycles. The van der Waals surface area contributed by atoms with Gasteiger partial charge in [0.25, 0.3) is 5.91 Å². The second-order valence-corrected chi connectivity index (χ2v) is 9.02. The SMILES string of the molecule is O=C1CCCN1Cc1cccc(C(=O)N2CCCC2c2cncc(Cc3cccc(F)c3)n2)c1. The molecule has 2 saturated heterocycles. The van der Waals surface area contributed by atoms with Gasteiger partial charge in [-0.3, -0.25) is 19.6 Å². The van der Waals surface area contributed by atoms with Crippen molar-refractivity contribution in [3.63, 3.8) is 0 Å². The largest absolute Gasteiger partial charge is 0.338 e. The van der Waals surface area contributed by atoms with Crippen molar-refractivity contribution in [3.05, 3.63) is 94.8 Å². The van der Waals surface area contributed by atoms with E-state index in [1.54, 1.807) is 18.5 Å². The van der Waals surface area contributed by atoms with Gasteiger partial charge in [-0.25, -0.2) is 4.39 Å². The van der Waals surface area contributed by atoms with Crippen LogP contribution in [0.2, 0.25) is 0 Å². The topological polar surface area (TPSA) is 66.4 Å². The molecule has 34 heavy (non-hydrogen) atoms. The third-order valence-electron chi connectivity index (χ3n) is 6.55. The predicted molar refractivity (Wildman–Crippen MR) is 125 cm³/mol. The lowest BCUT2D eigenvalue weighted by Gasteiger charge is -2.25. The molecule has 0 spiro atoms. The minimum absolute atomic E-state index is 0.0329. The number of likely N-dealkylation sites (tertiary alicyclic amines) is 2. The molecule has 0 bridgehead atoms. The Kier molecular flexibility index (Phi) is 6.34. The van der Waals surface area contributed by atoms with Gasteiger partial charge in [0.05, 0.1) is 23.6 Å². The van der Waals surface area contributed by atoms with Crippen molar-refractivity contribution in [2.24, 2.45) is 0 Å². The fraction of sp³-hybridized carbons (Fsp3) is 0.333. The monoisotopic (exact) mass is 458 g/mol. The van der Waals surface area contributed by atoms with Crippen molar-refractivity contribution < 1.29 is 14.0 Å². The molecular weight excluding hydrogens is 431 g/mol. The molecule has 1 aromatic heterocycles. The van der Waals surface area contributed by atoms with Crippen LogP contribution in [0.25, 0.3) is 0 Å². The molecule has 2 fully saturated rings. The van der Waals surface area contributed by atoms with E-state index in [1.165, 1.54) is 12.1 Å². The van der Waals surface area contributed by atoms with Crippen LogP contribution in [0.3, 0.4) is 0 Å². The van der Waals surface area contributed by atoms with Crippen LogP contribution in [0, 0.1) is 5.82 Å². The third kappa shape index (κ3) is 4.83. The first-order valence-electron chi connectivity index (χ1n) is 11.8. The summed E-state index contributed by atoms with van der Waals surface area (Å²) in [6.45, 7) is 1.97. The fourth-order valence-electron chi connectivity index (χ4n) is 4.90.